The van der Waals surface area contributed by atoms with E-state index < -0.39 is 10.0 Å². The Morgan fingerprint density at radius 3 is 2.33 bits per heavy atom. The molecule has 2 aromatic rings. The van der Waals surface area contributed by atoms with Crippen LogP contribution < -0.4 is 10.5 Å². The molecule has 0 aromatic heterocycles. The number of benzene rings is 2. The molecule has 0 aliphatic carbocycles. The number of hydrogen-bond acceptors (Lipinski definition) is 3. The van der Waals surface area contributed by atoms with Crippen molar-refractivity contribution in [2.24, 2.45) is 5.73 Å². The van der Waals surface area contributed by atoms with Gasteiger partial charge in [-0.15, -0.1) is 0 Å². The van der Waals surface area contributed by atoms with Gasteiger partial charge in [-0.2, -0.15) is 0 Å². The predicted molar refractivity (Wildman–Crippen MR) is 86.6 cm³/mol. The van der Waals surface area contributed by atoms with Crippen LogP contribution in [0.2, 0.25) is 15.1 Å². The molecule has 21 heavy (non-hydrogen) atoms. The van der Waals surface area contributed by atoms with Gasteiger partial charge in [-0.1, -0.05) is 40.9 Å². The summed E-state index contributed by atoms with van der Waals surface area (Å²) in [5, 5.41) is 0.702. The Kier molecular flexibility index (Phi) is 5.01. The zero-order chi connectivity index (χ0) is 15.6. The lowest BCUT2D eigenvalue weighted by atomic mass is 10.2. The van der Waals surface area contributed by atoms with Crippen molar-refractivity contribution in [3.63, 3.8) is 0 Å². The highest BCUT2D eigenvalue weighted by Crippen LogP contribution is 2.29. The Balaban J connectivity index is 2.43. The van der Waals surface area contributed by atoms with Gasteiger partial charge in [-0.3, -0.25) is 4.72 Å². The van der Waals surface area contributed by atoms with Crippen LogP contribution in [0, 0.1) is 0 Å². The van der Waals surface area contributed by atoms with Crippen LogP contribution in [0.15, 0.2) is 41.3 Å². The third kappa shape index (κ3) is 3.81. The molecule has 0 unspecified atom stereocenters. The fraction of sp³-hybridized carbons (Fsp3) is 0.0769. The summed E-state index contributed by atoms with van der Waals surface area (Å²) in [7, 11) is -3.88. The second-order valence-corrected chi connectivity index (χ2v) is 7.10. The Morgan fingerprint density at radius 2 is 1.71 bits per heavy atom. The monoisotopic (exact) mass is 364 g/mol. The molecule has 0 saturated heterocycles. The zero-order valence-electron chi connectivity index (χ0n) is 10.6. The maximum atomic E-state index is 12.4. The van der Waals surface area contributed by atoms with Gasteiger partial charge in [0.1, 0.15) is 4.90 Å². The van der Waals surface area contributed by atoms with E-state index in [2.05, 4.69) is 4.72 Å². The lowest BCUT2D eigenvalue weighted by Crippen LogP contribution is -2.14. The van der Waals surface area contributed by atoms with E-state index in [1.165, 1.54) is 30.3 Å². The average Bonchev–Trinajstić information content (AvgIpc) is 2.42. The largest absolute Gasteiger partial charge is 0.326 e. The third-order valence-electron chi connectivity index (χ3n) is 2.70. The van der Waals surface area contributed by atoms with Gasteiger partial charge >= 0.3 is 0 Å². The fourth-order valence-corrected chi connectivity index (χ4v) is 3.80. The molecule has 0 bridgehead atoms. The maximum absolute atomic E-state index is 12.4. The fourth-order valence-electron chi connectivity index (χ4n) is 1.65. The Labute approximate surface area is 137 Å². The van der Waals surface area contributed by atoms with Crippen molar-refractivity contribution in [1.82, 2.24) is 0 Å². The van der Waals surface area contributed by atoms with Crippen molar-refractivity contribution in [3.8, 4) is 0 Å². The summed E-state index contributed by atoms with van der Waals surface area (Å²) in [5.41, 5.74) is 6.38. The highest BCUT2D eigenvalue weighted by Gasteiger charge is 2.19. The molecule has 2 rings (SSSR count). The van der Waals surface area contributed by atoms with Crippen LogP contribution in [0.3, 0.4) is 0 Å². The number of anilines is 1. The number of rotatable bonds is 4. The first-order chi connectivity index (χ1) is 9.83. The van der Waals surface area contributed by atoms with E-state index in [4.69, 9.17) is 40.5 Å². The molecule has 0 heterocycles. The molecule has 0 radical (unpaired) electrons. The second kappa shape index (κ2) is 6.42. The number of nitrogens with two attached hydrogens (primary N) is 1. The van der Waals surface area contributed by atoms with Gasteiger partial charge in [0, 0.05) is 11.6 Å². The van der Waals surface area contributed by atoms with Crippen LogP contribution in [0.5, 0.6) is 0 Å². The van der Waals surface area contributed by atoms with Gasteiger partial charge in [0.2, 0.25) is 0 Å². The molecule has 0 saturated carbocycles. The van der Waals surface area contributed by atoms with Crippen LogP contribution in [0.1, 0.15) is 5.56 Å². The normalized spacial score (nSPS) is 11.4. The van der Waals surface area contributed by atoms with E-state index in [-0.39, 0.29) is 27.2 Å². The average molecular weight is 366 g/mol. The minimum Gasteiger partial charge on any atom is -0.326 e. The summed E-state index contributed by atoms with van der Waals surface area (Å²) in [4.78, 5) is -0.0573. The lowest BCUT2D eigenvalue weighted by molar-refractivity contribution is 0.601. The topological polar surface area (TPSA) is 72.2 Å². The Bertz CT molecular complexity index is 779. The highest BCUT2D eigenvalue weighted by molar-refractivity contribution is 7.92. The van der Waals surface area contributed by atoms with Crippen LogP contribution in [-0.4, -0.2) is 8.42 Å². The minimum absolute atomic E-state index is 0.0573. The lowest BCUT2D eigenvalue weighted by Gasteiger charge is -2.12. The first-order valence-electron chi connectivity index (χ1n) is 5.80. The molecular formula is C13H11Cl3N2O2S. The minimum atomic E-state index is -3.88. The summed E-state index contributed by atoms with van der Waals surface area (Å²) in [6, 6.07) is 9.03. The Hall–Kier alpha value is -0.980. The van der Waals surface area contributed by atoms with E-state index in [0.717, 1.165) is 0 Å². The first-order valence-corrected chi connectivity index (χ1v) is 8.41. The number of hydrogen-bond donors (Lipinski definition) is 2. The summed E-state index contributed by atoms with van der Waals surface area (Å²) in [6.07, 6.45) is 0. The van der Waals surface area contributed by atoms with Crippen LogP contribution >= 0.6 is 34.8 Å². The van der Waals surface area contributed by atoms with Gasteiger partial charge in [0.05, 0.1) is 15.7 Å². The van der Waals surface area contributed by atoms with Gasteiger partial charge in [-0.25, -0.2) is 8.42 Å². The highest BCUT2D eigenvalue weighted by atomic mass is 35.5. The van der Waals surface area contributed by atoms with Gasteiger partial charge in [0.25, 0.3) is 10.0 Å². The summed E-state index contributed by atoms with van der Waals surface area (Å²) >= 11 is 17.7. The van der Waals surface area contributed by atoms with Crippen LogP contribution in [0.25, 0.3) is 0 Å². The molecule has 0 aliphatic heterocycles. The van der Waals surface area contributed by atoms with E-state index in [0.29, 0.717) is 10.6 Å². The molecule has 2 aromatic carbocycles. The summed E-state index contributed by atoms with van der Waals surface area (Å²) < 4.78 is 27.2. The molecule has 0 fully saturated rings. The Morgan fingerprint density at radius 1 is 1.00 bits per heavy atom. The number of nitrogens with one attached hydrogen (secondary N) is 1. The van der Waals surface area contributed by atoms with Crippen LogP contribution in [-0.2, 0) is 16.6 Å². The number of halogens is 3. The molecular weight excluding hydrogens is 355 g/mol. The van der Waals surface area contributed by atoms with E-state index in [9.17, 15) is 8.42 Å². The van der Waals surface area contributed by atoms with E-state index in [1.54, 1.807) is 6.07 Å². The predicted octanol–water partition coefficient (Wildman–Crippen LogP) is 3.91. The van der Waals surface area contributed by atoms with Crippen molar-refractivity contribution >= 4 is 50.5 Å². The molecule has 0 amide bonds. The second-order valence-electron chi connectivity index (χ2n) is 4.20. The van der Waals surface area contributed by atoms with Crippen molar-refractivity contribution in [2.45, 2.75) is 11.4 Å². The molecule has 0 spiro atoms. The van der Waals surface area contributed by atoms with Crippen molar-refractivity contribution in [1.29, 1.82) is 0 Å². The van der Waals surface area contributed by atoms with E-state index >= 15 is 0 Å². The molecule has 112 valence electrons. The van der Waals surface area contributed by atoms with Gasteiger partial charge in [0.15, 0.2) is 0 Å². The SMILES string of the molecule is NCc1ccc(Cl)c(S(=O)(=O)Nc2ccc(Cl)cc2Cl)c1. The molecule has 4 nitrogen and oxygen atoms in total. The number of sulfonamides is 1. The summed E-state index contributed by atoms with van der Waals surface area (Å²) in [6.45, 7) is 0.210. The van der Waals surface area contributed by atoms with Crippen molar-refractivity contribution in [3.05, 3.63) is 57.0 Å². The van der Waals surface area contributed by atoms with Gasteiger partial charge < -0.3 is 5.73 Å². The van der Waals surface area contributed by atoms with Crippen molar-refractivity contribution < 1.29 is 8.42 Å². The molecule has 0 atom stereocenters. The maximum Gasteiger partial charge on any atom is 0.263 e. The molecule has 3 N–H and O–H groups in total. The molecule has 8 heteroatoms. The summed E-state index contributed by atoms with van der Waals surface area (Å²) in [5.74, 6) is 0. The van der Waals surface area contributed by atoms with Crippen molar-refractivity contribution in [2.75, 3.05) is 4.72 Å². The quantitative estimate of drug-likeness (QED) is 0.863. The first kappa shape index (κ1) is 16.4. The standard InChI is InChI=1S/C13H11Cl3N2O2S/c14-9-2-4-12(11(16)6-9)18-21(19,20)13-5-8(7-17)1-3-10(13)15/h1-6,18H,7,17H2. The molecule has 0 aliphatic rings. The van der Waals surface area contributed by atoms with Crippen LogP contribution in [0.4, 0.5) is 5.69 Å². The third-order valence-corrected chi connectivity index (χ3v) is 5.09. The zero-order valence-corrected chi connectivity index (χ0v) is 13.7. The van der Waals surface area contributed by atoms with E-state index in [1.807, 2.05) is 0 Å². The smallest absolute Gasteiger partial charge is 0.263 e. The van der Waals surface area contributed by atoms with Gasteiger partial charge in [-0.05, 0) is 35.9 Å².